The van der Waals surface area contributed by atoms with Crippen LogP contribution < -0.4 is 9.47 Å². The van der Waals surface area contributed by atoms with Crippen LogP contribution in [0, 0.1) is 12.7 Å². The maximum atomic E-state index is 13.3. The van der Waals surface area contributed by atoms with Gasteiger partial charge < -0.3 is 14.6 Å². The molecule has 0 aliphatic carbocycles. The van der Waals surface area contributed by atoms with Crippen molar-refractivity contribution < 1.29 is 23.8 Å². The second-order valence-corrected chi connectivity index (χ2v) is 5.86. The van der Waals surface area contributed by atoms with Crippen LogP contribution in [-0.2, 0) is 11.2 Å². The number of fused-ring (bicyclic) bond motifs is 2. The molecule has 0 saturated heterocycles. The normalized spacial score (nSPS) is 12.6. The number of carbonyl (C=O) groups is 1. The number of carboxylic acid groups (broad SMARTS) is 1. The summed E-state index contributed by atoms with van der Waals surface area (Å²) in [5, 5.41) is 10.1. The van der Waals surface area contributed by atoms with E-state index in [9.17, 15) is 14.3 Å². The van der Waals surface area contributed by atoms with Crippen molar-refractivity contribution in [2.24, 2.45) is 0 Å². The molecule has 0 saturated carbocycles. The third-order valence-electron chi connectivity index (χ3n) is 4.31. The van der Waals surface area contributed by atoms with Crippen LogP contribution in [0.15, 0.2) is 36.4 Å². The highest BCUT2D eigenvalue weighted by Gasteiger charge is 2.20. The predicted molar refractivity (Wildman–Crippen MR) is 89.3 cm³/mol. The van der Waals surface area contributed by atoms with Crippen molar-refractivity contribution in [2.45, 2.75) is 13.3 Å². The van der Waals surface area contributed by atoms with E-state index in [-0.39, 0.29) is 19.0 Å². The maximum Gasteiger partial charge on any atom is 0.307 e. The van der Waals surface area contributed by atoms with E-state index in [0.29, 0.717) is 33.8 Å². The Labute approximate surface area is 142 Å². The first-order valence-electron chi connectivity index (χ1n) is 7.73. The molecule has 25 heavy (non-hydrogen) atoms. The lowest BCUT2D eigenvalue weighted by atomic mass is 9.95. The summed E-state index contributed by atoms with van der Waals surface area (Å²) in [6.07, 6.45) is -0.171. The van der Waals surface area contributed by atoms with E-state index in [4.69, 9.17) is 9.47 Å². The van der Waals surface area contributed by atoms with Gasteiger partial charge in [-0.2, -0.15) is 0 Å². The molecule has 1 aliphatic rings. The van der Waals surface area contributed by atoms with Gasteiger partial charge in [-0.15, -0.1) is 0 Å². The Morgan fingerprint density at radius 1 is 1.20 bits per heavy atom. The smallest absolute Gasteiger partial charge is 0.307 e. The minimum Gasteiger partial charge on any atom is -0.481 e. The van der Waals surface area contributed by atoms with E-state index in [0.717, 1.165) is 10.9 Å². The van der Waals surface area contributed by atoms with E-state index in [2.05, 4.69) is 4.98 Å². The van der Waals surface area contributed by atoms with Gasteiger partial charge in [0.05, 0.1) is 17.6 Å². The highest BCUT2D eigenvalue weighted by atomic mass is 19.1. The van der Waals surface area contributed by atoms with Crippen LogP contribution >= 0.6 is 0 Å². The second-order valence-electron chi connectivity index (χ2n) is 5.86. The number of halogens is 1. The van der Waals surface area contributed by atoms with Gasteiger partial charge in [-0.3, -0.25) is 4.79 Å². The number of aryl methyl sites for hydroxylation is 1. The number of aliphatic carboxylic acids is 1. The Morgan fingerprint density at radius 2 is 1.88 bits per heavy atom. The molecule has 2 heterocycles. The van der Waals surface area contributed by atoms with Crippen LogP contribution in [0.3, 0.4) is 0 Å². The van der Waals surface area contributed by atoms with E-state index < -0.39 is 5.97 Å². The molecule has 0 spiro atoms. The first kappa shape index (κ1) is 15.4. The second kappa shape index (κ2) is 5.73. The molecule has 0 unspecified atom stereocenters. The standard InChI is InChI=1S/C19H14FNO4/c1-10-13-6-16-17(25-9-24-16)8-15(13)21-19(14(10)7-18(22)23)11-2-4-12(20)5-3-11/h2-6,8H,7,9H2,1H3,(H,22,23). The van der Waals surface area contributed by atoms with Crippen LogP contribution in [-0.4, -0.2) is 22.9 Å². The van der Waals surface area contributed by atoms with Crippen molar-refractivity contribution in [3.05, 3.63) is 53.3 Å². The molecule has 4 rings (SSSR count). The van der Waals surface area contributed by atoms with Gasteiger partial charge in [-0.05, 0) is 48.4 Å². The lowest BCUT2D eigenvalue weighted by molar-refractivity contribution is -0.136. The van der Waals surface area contributed by atoms with E-state index in [1.165, 1.54) is 12.1 Å². The highest BCUT2D eigenvalue weighted by molar-refractivity contribution is 5.91. The zero-order valence-corrected chi connectivity index (χ0v) is 13.4. The largest absolute Gasteiger partial charge is 0.481 e. The summed E-state index contributed by atoms with van der Waals surface area (Å²) in [5.74, 6) is -0.0820. The number of benzene rings is 2. The first-order chi connectivity index (χ1) is 12.0. The number of hydrogen-bond donors (Lipinski definition) is 1. The van der Waals surface area contributed by atoms with Gasteiger partial charge in [0.25, 0.3) is 0 Å². The van der Waals surface area contributed by atoms with Gasteiger partial charge in [-0.25, -0.2) is 9.37 Å². The number of pyridine rings is 1. The number of carboxylic acids is 1. The van der Waals surface area contributed by atoms with Gasteiger partial charge in [0.1, 0.15) is 5.82 Å². The molecule has 1 N–H and O–H groups in total. The molecule has 0 fully saturated rings. The lowest BCUT2D eigenvalue weighted by Gasteiger charge is -2.14. The zero-order chi connectivity index (χ0) is 17.6. The summed E-state index contributed by atoms with van der Waals surface area (Å²) in [7, 11) is 0. The summed E-state index contributed by atoms with van der Waals surface area (Å²) in [4.78, 5) is 16.0. The van der Waals surface area contributed by atoms with Gasteiger partial charge in [0, 0.05) is 17.0 Å². The van der Waals surface area contributed by atoms with Gasteiger partial charge in [0.2, 0.25) is 6.79 Å². The summed E-state index contributed by atoms with van der Waals surface area (Å²) < 4.78 is 24.0. The molecule has 0 bridgehead atoms. The summed E-state index contributed by atoms with van der Waals surface area (Å²) >= 11 is 0. The monoisotopic (exact) mass is 339 g/mol. The van der Waals surface area contributed by atoms with Crippen molar-refractivity contribution in [1.82, 2.24) is 4.98 Å². The Morgan fingerprint density at radius 3 is 2.56 bits per heavy atom. The van der Waals surface area contributed by atoms with Crippen molar-refractivity contribution in [3.8, 4) is 22.8 Å². The van der Waals surface area contributed by atoms with Crippen molar-refractivity contribution >= 4 is 16.9 Å². The molecule has 0 amide bonds. The van der Waals surface area contributed by atoms with E-state index >= 15 is 0 Å². The quantitative estimate of drug-likeness (QED) is 0.788. The average molecular weight is 339 g/mol. The number of aromatic nitrogens is 1. The molecule has 5 nitrogen and oxygen atoms in total. The van der Waals surface area contributed by atoms with Crippen molar-refractivity contribution in [2.75, 3.05) is 6.79 Å². The minimum absolute atomic E-state index is 0.150. The molecule has 6 heteroatoms. The first-order valence-corrected chi connectivity index (χ1v) is 7.73. The van der Waals surface area contributed by atoms with Crippen LogP contribution in [0.1, 0.15) is 11.1 Å². The topological polar surface area (TPSA) is 68.7 Å². The van der Waals surface area contributed by atoms with Crippen LogP contribution in [0.2, 0.25) is 0 Å². The maximum absolute atomic E-state index is 13.3. The molecule has 0 atom stereocenters. The fourth-order valence-corrected chi connectivity index (χ4v) is 3.07. The van der Waals surface area contributed by atoms with E-state index in [1.54, 1.807) is 18.2 Å². The fourth-order valence-electron chi connectivity index (χ4n) is 3.07. The number of rotatable bonds is 3. The SMILES string of the molecule is Cc1c(CC(=O)O)c(-c2ccc(F)cc2)nc2cc3c(cc12)OCO3. The average Bonchev–Trinajstić information content (AvgIpc) is 3.03. The number of nitrogens with zero attached hydrogens (tertiary/aromatic N) is 1. The highest BCUT2D eigenvalue weighted by Crippen LogP contribution is 2.39. The summed E-state index contributed by atoms with van der Waals surface area (Å²) in [6, 6.07) is 9.46. The van der Waals surface area contributed by atoms with Crippen LogP contribution in [0.5, 0.6) is 11.5 Å². The zero-order valence-electron chi connectivity index (χ0n) is 13.4. The Bertz CT molecular complexity index is 999. The molecule has 2 aromatic carbocycles. The Kier molecular flexibility index (Phi) is 3.53. The van der Waals surface area contributed by atoms with Gasteiger partial charge in [-0.1, -0.05) is 0 Å². The minimum atomic E-state index is -0.951. The molecule has 126 valence electrons. The molecule has 1 aromatic heterocycles. The van der Waals surface area contributed by atoms with Crippen LogP contribution in [0.4, 0.5) is 4.39 Å². The third-order valence-corrected chi connectivity index (χ3v) is 4.31. The van der Waals surface area contributed by atoms with Gasteiger partial charge >= 0.3 is 5.97 Å². The predicted octanol–water partition coefficient (Wildman–Crippen LogP) is 3.71. The fraction of sp³-hybridized carbons (Fsp3) is 0.158. The summed E-state index contributed by atoms with van der Waals surface area (Å²) in [5.41, 5.74) is 3.29. The van der Waals surface area contributed by atoms with Crippen LogP contribution in [0.25, 0.3) is 22.2 Å². The number of ether oxygens (including phenoxy) is 2. The Hall–Kier alpha value is -3.15. The van der Waals surface area contributed by atoms with Crippen molar-refractivity contribution in [1.29, 1.82) is 0 Å². The van der Waals surface area contributed by atoms with Crippen molar-refractivity contribution in [3.63, 3.8) is 0 Å². The third kappa shape index (κ3) is 2.65. The molecule has 3 aromatic rings. The van der Waals surface area contributed by atoms with Gasteiger partial charge in [0.15, 0.2) is 11.5 Å². The molecular weight excluding hydrogens is 325 g/mol. The van der Waals surface area contributed by atoms with E-state index in [1.807, 2.05) is 13.0 Å². The summed E-state index contributed by atoms with van der Waals surface area (Å²) in [6.45, 7) is 2.01. The molecule has 0 radical (unpaired) electrons. The molecule has 1 aliphatic heterocycles. The number of hydrogen-bond acceptors (Lipinski definition) is 4. The Balaban J connectivity index is 2.00. The lowest BCUT2D eigenvalue weighted by Crippen LogP contribution is -2.06. The molecular formula is C19H14FNO4.